The molecule has 0 bridgehead atoms. The zero-order valence-electron chi connectivity index (χ0n) is 17.1. The molecule has 150 valence electrons. The molecule has 2 heterocycles. The van der Waals surface area contributed by atoms with E-state index in [1.165, 1.54) is 4.57 Å². The minimum absolute atomic E-state index is 0.0245. The van der Waals surface area contributed by atoms with Crippen molar-refractivity contribution in [2.75, 3.05) is 14.1 Å². The summed E-state index contributed by atoms with van der Waals surface area (Å²) in [7, 11) is 3.91. The molecule has 0 saturated carbocycles. The highest BCUT2D eigenvalue weighted by atomic mass is 16.3. The number of likely N-dealkylation sites (N-methyl/N-ethyl adjacent to an activating group) is 1. The van der Waals surface area contributed by atoms with Crippen LogP contribution in [0.4, 0.5) is 5.69 Å². The molecule has 6 nitrogen and oxygen atoms in total. The fourth-order valence-corrected chi connectivity index (χ4v) is 3.96. The quantitative estimate of drug-likeness (QED) is 0.574. The smallest absolute Gasteiger partial charge is 0.261 e. The van der Waals surface area contributed by atoms with Gasteiger partial charge >= 0.3 is 0 Å². The second-order valence-electron chi connectivity index (χ2n) is 7.99. The van der Waals surface area contributed by atoms with E-state index in [2.05, 4.69) is 0 Å². The number of pyridine rings is 1. The number of amidine groups is 1. The van der Waals surface area contributed by atoms with E-state index in [0.29, 0.717) is 28.8 Å². The number of hydrogen-bond acceptors (Lipinski definition) is 5. The molecule has 0 radical (unpaired) electrons. The highest BCUT2D eigenvalue weighted by molar-refractivity contribution is 6.14. The number of benzene rings is 3. The lowest BCUT2D eigenvalue weighted by Crippen LogP contribution is -2.33. The number of nitrogens with zero attached hydrogens (tertiary/aromatic N) is 4. The summed E-state index contributed by atoms with van der Waals surface area (Å²) in [5, 5.41) is 14.6. The van der Waals surface area contributed by atoms with E-state index in [-0.39, 0.29) is 17.5 Å². The normalized spacial score (nSPS) is 14.2. The fourth-order valence-electron chi connectivity index (χ4n) is 3.96. The van der Waals surface area contributed by atoms with Crippen molar-refractivity contribution in [3.63, 3.8) is 0 Å². The molecule has 1 aliphatic rings. The first-order valence-electron chi connectivity index (χ1n) is 9.96. The molecular formula is C24H22N4O2. The number of rotatable bonds is 4. The lowest BCUT2D eigenvalue weighted by atomic mass is 10.0. The summed E-state index contributed by atoms with van der Waals surface area (Å²) < 4.78 is 1.46. The third-order valence-electron chi connectivity index (χ3n) is 5.89. The summed E-state index contributed by atoms with van der Waals surface area (Å²) in [4.78, 5) is 24.7. The Morgan fingerprint density at radius 3 is 2.47 bits per heavy atom. The van der Waals surface area contributed by atoms with Gasteiger partial charge in [0.25, 0.3) is 5.56 Å². The maximum Gasteiger partial charge on any atom is 0.261 e. The van der Waals surface area contributed by atoms with Gasteiger partial charge < -0.3 is 10.0 Å². The van der Waals surface area contributed by atoms with Crippen molar-refractivity contribution in [1.29, 1.82) is 0 Å². The molecule has 0 aliphatic carbocycles. The van der Waals surface area contributed by atoms with Gasteiger partial charge in [-0.2, -0.15) is 0 Å². The first-order chi connectivity index (χ1) is 14.5. The summed E-state index contributed by atoms with van der Waals surface area (Å²) in [6.45, 7) is 2.42. The van der Waals surface area contributed by atoms with Crippen LogP contribution in [0, 0.1) is 0 Å². The van der Waals surface area contributed by atoms with E-state index in [1.54, 1.807) is 0 Å². The molecule has 0 saturated heterocycles. The zero-order valence-corrected chi connectivity index (χ0v) is 17.1. The first-order valence-corrected chi connectivity index (χ1v) is 9.96. The van der Waals surface area contributed by atoms with Crippen molar-refractivity contribution in [3.05, 3.63) is 75.9 Å². The minimum Gasteiger partial charge on any atom is -0.494 e. The summed E-state index contributed by atoms with van der Waals surface area (Å²) in [6, 6.07) is 17.3. The molecular weight excluding hydrogens is 376 g/mol. The lowest BCUT2D eigenvalue weighted by molar-refractivity contribution is 0.270. The Hall–Kier alpha value is -3.51. The minimum atomic E-state index is -0.193. The predicted molar refractivity (Wildman–Crippen MR) is 120 cm³/mol. The summed E-state index contributed by atoms with van der Waals surface area (Å²) in [5.41, 5.74) is 1.44. The van der Waals surface area contributed by atoms with Crippen LogP contribution < -0.4 is 10.9 Å². The average Bonchev–Trinajstić information content (AvgIpc) is 3.19. The van der Waals surface area contributed by atoms with Crippen LogP contribution in [0.5, 0.6) is 5.88 Å². The van der Waals surface area contributed by atoms with Gasteiger partial charge in [-0.25, -0.2) is 9.98 Å². The standard InChI is InChI=1S/C24H22N4O2/c1-14(27(2)3)13-28-23(29)17-11-7-10-16-20(17)18(24(28)30)12-19-21(16)26-22(25-19)15-8-5-4-6-9-15/h4-12,14,30H,13H2,1-3H3. The van der Waals surface area contributed by atoms with Crippen LogP contribution in [0.1, 0.15) is 12.5 Å². The molecule has 0 fully saturated rings. The molecule has 1 aliphatic heterocycles. The topological polar surface area (TPSA) is 70.2 Å². The summed E-state index contributed by atoms with van der Waals surface area (Å²) in [5.74, 6) is 0.612. The van der Waals surface area contributed by atoms with Gasteiger partial charge in [0.2, 0.25) is 5.88 Å². The van der Waals surface area contributed by atoms with Gasteiger partial charge in [0.05, 0.1) is 11.0 Å². The van der Waals surface area contributed by atoms with E-state index in [1.807, 2.05) is 80.5 Å². The maximum absolute atomic E-state index is 13.2. The molecule has 30 heavy (non-hydrogen) atoms. The molecule has 6 heteroatoms. The molecule has 4 aromatic rings. The average molecular weight is 398 g/mol. The van der Waals surface area contributed by atoms with Crippen LogP contribution in [0.25, 0.3) is 21.5 Å². The largest absolute Gasteiger partial charge is 0.494 e. The van der Waals surface area contributed by atoms with Crippen molar-refractivity contribution in [2.45, 2.75) is 19.5 Å². The van der Waals surface area contributed by atoms with Crippen molar-refractivity contribution in [1.82, 2.24) is 9.47 Å². The number of aromatic hydroxyl groups is 1. The maximum atomic E-state index is 13.2. The van der Waals surface area contributed by atoms with Gasteiger partial charge in [0.1, 0.15) is 0 Å². The summed E-state index contributed by atoms with van der Waals surface area (Å²) >= 11 is 0. The van der Waals surface area contributed by atoms with E-state index >= 15 is 0 Å². The van der Waals surface area contributed by atoms with Crippen LogP contribution in [-0.2, 0) is 6.54 Å². The van der Waals surface area contributed by atoms with E-state index in [9.17, 15) is 9.90 Å². The van der Waals surface area contributed by atoms with Gasteiger partial charge in [0, 0.05) is 39.7 Å². The van der Waals surface area contributed by atoms with Crippen molar-refractivity contribution >= 4 is 33.1 Å². The van der Waals surface area contributed by atoms with Gasteiger partial charge in [-0.05, 0) is 33.2 Å². The Kier molecular flexibility index (Phi) is 4.18. The van der Waals surface area contributed by atoms with E-state index in [0.717, 1.165) is 21.7 Å². The van der Waals surface area contributed by atoms with Gasteiger partial charge in [0.15, 0.2) is 5.84 Å². The van der Waals surface area contributed by atoms with Crippen LogP contribution in [0.15, 0.2) is 69.4 Å². The molecule has 1 unspecified atom stereocenters. The molecule has 5 rings (SSSR count). The van der Waals surface area contributed by atoms with Gasteiger partial charge in [-0.1, -0.05) is 42.5 Å². The van der Waals surface area contributed by atoms with Crippen LogP contribution >= 0.6 is 0 Å². The molecule has 3 aromatic carbocycles. The molecule has 0 spiro atoms. The Labute approximate surface area is 173 Å². The number of fused-ring (bicyclic) bond motifs is 2. The van der Waals surface area contributed by atoms with Crippen molar-refractivity contribution in [3.8, 4) is 5.88 Å². The highest BCUT2D eigenvalue weighted by Gasteiger charge is 2.21. The monoisotopic (exact) mass is 398 g/mol. The van der Waals surface area contributed by atoms with Crippen LogP contribution in [-0.4, -0.2) is 40.5 Å². The Balaban J connectivity index is 1.80. The molecule has 1 N–H and O–H groups in total. The molecule has 0 amide bonds. The lowest BCUT2D eigenvalue weighted by Gasteiger charge is -2.22. The van der Waals surface area contributed by atoms with Crippen molar-refractivity contribution in [2.24, 2.45) is 9.98 Å². The SMILES string of the molecule is CC(Cn1c(O)c2cc3c(c4cccc(c1=O)c24)=NC(c1ccccc1)=N3)N(C)C. The van der Waals surface area contributed by atoms with Crippen molar-refractivity contribution < 1.29 is 5.11 Å². The van der Waals surface area contributed by atoms with E-state index < -0.39 is 0 Å². The van der Waals surface area contributed by atoms with Gasteiger partial charge in [-0.15, -0.1) is 0 Å². The Morgan fingerprint density at radius 2 is 1.73 bits per heavy atom. The third-order valence-corrected chi connectivity index (χ3v) is 5.89. The Morgan fingerprint density at radius 1 is 1.00 bits per heavy atom. The fraction of sp³-hybridized carbons (Fsp3) is 0.208. The second kappa shape index (κ2) is 6.78. The second-order valence-corrected chi connectivity index (χ2v) is 7.99. The summed E-state index contributed by atoms with van der Waals surface area (Å²) in [6.07, 6.45) is 0. The number of aromatic nitrogens is 1. The predicted octanol–water partition coefficient (Wildman–Crippen LogP) is 3.24. The zero-order chi connectivity index (χ0) is 21.0. The van der Waals surface area contributed by atoms with Crippen LogP contribution in [0.2, 0.25) is 0 Å². The molecule has 1 aromatic heterocycles. The molecule has 1 atom stereocenters. The first kappa shape index (κ1) is 18.5. The number of aliphatic imine (C=N–C) groups is 1. The highest BCUT2D eigenvalue weighted by Crippen LogP contribution is 2.33. The van der Waals surface area contributed by atoms with Gasteiger partial charge in [-0.3, -0.25) is 9.36 Å². The van der Waals surface area contributed by atoms with Crippen LogP contribution in [0.3, 0.4) is 0 Å². The van der Waals surface area contributed by atoms with E-state index in [4.69, 9.17) is 9.98 Å². The third kappa shape index (κ3) is 2.72. The number of hydrogen-bond donors (Lipinski definition) is 1. The Bertz CT molecular complexity index is 1440.